The van der Waals surface area contributed by atoms with Gasteiger partial charge in [0.2, 0.25) is 0 Å². The molecule has 0 radical (unpaired) electrons. The van der Waals surface area contributed by atoms with Gasteiger partial charge in [-0.1, -0.05) is 29.8 Å². The number of benzene rings is 2. The highest BCUT2D eigenvalue weighted by atomic mass is 35.5. The number of hydrogen-bond acceptors (Lipinski definition) is 3. The van der Waals surface area contributed by atoms with Crippen molar-refractivity contribution < 1.29 is 19.7 Å². The van der Waals surface area contributed by atoms with Gasteiger partial charge in [0.15, 0.2) is 0 Å². The van der Waals surface area contributed by atoms with Gasteiger partial charge in [0.25, 0.3) is 0 Å². The predicted octanol–water partition coefficient (Wildman–Crippen LogP) is 3.32. The second-order valence-corrected chi connectivity index (χ2v) is 4.23. The molecule has 2 aromatic carbocycles. The first-order chi connectivity index (χ1) is 9.11. The zero-order chi connectivity index (χ0) is 13.8. The molecule has 0 spiro atoms. The van der Waals surface area contributed by atoms with Crippen LogP contribution in [0.1, 0.15) is 15.9 Å². The molecule has 0 aliphatic rings. The van der Waals surface area contributed by atoms with Gasteiger partial charge >= 0.3 is 5.97 Å². The molecule has 0 saturated carbocycles. The summed E-state index contributed by atoms with van der Waals surface area (Å²) in [6.07, 6.45) is 0. The van der Waals surface area contributed by atoms with E-state index in [1.807, 2.05) is 0 Å². The monoisotopic (exact) mass is 278 g/mol. The smallest absolute Gasteiger partial charge is 0.341 e. The fourth-order valence-electron chi connectivity index (χ4n) is 1.59. The number of carbonyl (C=O) groups is 1. The second kappa shape index (κ2) is 5.73. The van der Waals surface area contributed by atoms with Gasteiger partial charge in [0.1, 0.15) is 17.1 Å². The van der Waals surface area contributed by atoms with E-state index in [4.69, 9.17) is 26.6 Å². The van der Waals surface area contributed by atoms with Crippen LogP contribution in [0.15, 0.2) is 42.5 Å². The van der Waals surface area contributed by atoms with Gasteiger partial charge in [-0.3, -0.25) is 0 Å². The molecular formula is C14H11ClO4. The lowest BCUT2D eigenvalue weighted by Crippen LogP contribution is -2.01. The average Bonchev–Trinajstić information content (AvgIpc) is 2.39. The van der Waals surface area contributed by atoms with E-state index in [1.54, 1.807) is 30.3 Å². The largest absolute Gasteiger partial charge is 0.478 e. The van der Waals surface area contributed by atoms with Crippen molar-refractivity contribution in [1.82, 2.24) is 0 Å². The van der Waals surface area contributed by atoms with E-state index in [9.17, 15) is 4.79 Å². The normalized spacial score (nSPS) is 10.2. The number of aliphatic hydroxyl groups excluding tert-OH is 1. The predicted molar refractivity (Wildman–Crippen MR) is 70.9 cm³/mol. The van der Waals surface area contributed by atoms with Crippen LogP contribution in [0.3, 0.4) is 0 Å². The Balaban J connectivity index is 2.32. The molecule has 0 bridgehead atoms. The average molecular weight is 279 g/mol. The Kier molecular flexibility index (Phi) is 4.04. The zero-order valence-corrected chi connectivity index (χ0v) is 10.6. The highest BCUT2D eigenvalue weighted by Crippen LogP contribution is 2.30. The summed E-state index contributed by atoms with van der Waals surface area (Å²) in [4.78, 5) is 11.1. The lowest BCUT2D eigenvalue weighted by Gasteiger charge is -2.10. The van der Waals surface area contributed by atoms with E-state index in [-0.39, 0.29) is 22.9 Å². The van der Waals surface area contributed by atoms with Gasteiger partial charge < -0.3 is 14.9 Å². The van der Waals surface area contributed by atoms with E-state index >= 15 is 0 Å². The molecule has 0 aromatic heterocycles. The van der Waals surface area contributed by atoms with E-state index in [1.165, 1.54) is 12.1 Å². The minimum Gasteiger partial charge on any atom is -0.478 e. The second-order valence-electron chi connectivity index (χ2n) is 3.82. The summed E-state index contributed by atoms with van der Waals surface area (Å²) in [6, 6.07) is 11.3. The molecule has 2 aromatic rings. The van der Waals surface area contributed by atoms with Crippen molar-refractivity contribution in [2.24, 2.45) is 0 Å². The molecule has 0 atom stereocenters. The number of ether oxygens (including phenoxy) is 1. The summed E-state index contributed by atoms with van der Waals surface area (Å²) < 4.78 is 5.50. The number of aromatic carboxylic acids is 1. The van der Waals surface area contributed by atoms with Crippen molar-refractivity contribution in [2.45, 2.75) is 6.61 Å². The molecule has 0 aliphatic heterocycles. The van der Waals surface area contributed by atoms with Crippen molar-refractivity contribution in [3.8, 4) is 11.5 Å². The summed E-state index contributed by atoms with van der Waals surface area (Å²) >= 11 is 5.84. The Hall–Kier alpha value is -2.04. The molecule has 19 heavy (non-hydrogen) atoms. The quantitative estimate of drug-likeness (QED) is 0.900. The van der Waals surface area contributed by atoms with Crippen LogP contribution in [-0.4, -0.2) is 16.2 Å². The molecule has 4 nitrogen and oxygen atoms in total. The van der Waals surface area contributed by atoms with Gasteiger partial charge in [-0.25, -0.2) is 4.79 Å². The molecule has 0 unspecified atom stereocenters. The van der Waals surface area contributed by atoms with E-state index in [0.717, 1.165) is 5.56 Å². The van der Waals surface area contributed by atoms with E-state index in [0.29, 0.717) is 5.75 Å². The molecule has 0 saturated heterocycles. The third-order valence-electron chi connectivity index (χ3n) is 2.52. The molecule has 0 aliphatic carbocycles. The Morgan fingerprint density at radius 1 is 1.16 bits per heavy atom. The topological polar surface area (TPSA) is 66.8 Å². The lowest BCUT2D eigenvalue weighted by atomic mass is 10.2. The van der Waals surface area contributed by atoms with Crippen LogP contribution in [0.5, 0.6) is 11.5 Å². The molecule has 5 heteroatoms. The van der Waals surface area contributed by atoms with Gasteiger partial charge in [-0.2, -0.15) is 0 Å². The first kappa shape index (κ1) is 13.4. The maximum atomic E-state index is 11.1. The summed E-state index contributed by atoms with van der Waals surface area (Å²) in [5.74, 6) is -0.494. The minimum atomic E-state index is -1.15. The van der Waals surface area contributed by atoms with Gasteiger partial charge in [-0.15, -0.1) is 0 Å². The number of halogens is 1. The zero-order valence-electron chi connectivity index (χ0n) is 9.84. The number of hydrogen-bond donors (Lipinski definition) is 2. The number of carboxylic acid groups (broad SMARTS) is 1. The number of carboxylic acids is 1. The minimum absolute atomic E-state index is 0.0577. The van der Waals surface area contributed by atoms with Crippen LogP contribution < -0.4 is 4.74 Å². The molecule has 0 heterocycles. The van der Waals surface area contributed by atoms with Crippen molar-refractivity contribution in [1.29, 1.82) is 0 Å². The van der Waals surface area contributed by atoms with Gasteiger partial charge in [0.05, 0.1) is 11.6 Å². The summed E-state index contributed by atoms with van der Waals surface area (Å²) in [5, 5.41) is 18.2. The molecule has 0 fully saturated rings. The molecule has 98 valence electrons. The molecule has 2 rings (SSSR count). The van der Waals surface area contributed by atoms with Gasteiger partial charge in [-0.05, 0) is 29.8 Å². The van der Waals surface area contributed by atoms with Crippen LogP contribution in [0, 0.1) is 0 Å². The first-order valence-corrected chi connectivity index (χ1v) is 5.89. The number of aliphatic hydroxyl groups is 1. The fourth-order valence-corrected chi connectivity index (χ4v) is 1.83. The third-order valence-corrected chi connectivity index (χ3v) is 2.84. The van der Waals surface area contributed by atoms with Gasteiger partial charge in [0, 0.05) is 0 Å². The van der Waals surface area contributed by atoms with Crippen molar-refractivity contribution in [2.75, 3.05) is 0 Å². The van der Waals surface area contributed by atoms with E-state index < -0.39 is 5.97 Å². The molecular weight excluding hydrogens is 268 g/mol. The SMILES string of the molecule is O=C(O)c1c(Cl)cccc1Oc1ccc(CO)cc1. The standard InChI is InChI=1S/C14H11ClO4/c15-11-2-1-3-12(13(11)14(17)18)19-10-6-4-9(8-16)5-7-10/h1-7,16H,8H2,(H,17,18). The van der Waals surface area contributed by atoms with Crippen molar-refractivity contribution in [3.05, 3.63) is 58.6 Å². The summed E-state index contributed by atoms with van der Waals surface area (Å²) in [5.41, 5.74) is 0.673. The summed E-state index contributed by atoms with van der Waals surface area (Å²) in [6.45, 7) is -0.0577. The van der Waals surface area contributed by atoms with Crippen LogP contribution in [0.2, 0.25) is 5.02 Å². The Morgan fingerprint density at radius 3 is 2.42 bits per heavy atom. The first-order valence-electron chi connectivity index (χ1n) is 5.51. The Bertz CT molecular complexity index is 593. The Morgan fingerprint density at radius 2 is 1.84 bits per heavy atom. The maximum absolute atomic E-state index is 11.1. The highest BCUT2D eigenvalue weighted by molar-refractivity contribution is 6.33. The third kappa shape index (κ3) is 3.05. The molecule has 2 N–H and O–H groups in total. The van der Waals surface area contributed by atoms with Crippen LogP contribution in [0.4, 0.5) is 0 Å². The van der Waals surface area contributed by atoms with Crippen LogP contribution >= 0.6 is 11.6 Å². The Labute approximate surface area is 114 Å². The van der Waals surface area contributed by atoms with E-state index in [2.05, 4.69) is 0 Å². The van der Waals surface area contributed by atoms with Crippen LogP contribution in [-0.2, 0) is 6.61 Å². The fraction of sp³-hybridized carbons (Fsp3) is 0.0714. The van der Waals surface area contributed by atoms with Crippen molar-refractivity contribution in [3.63, 3.8) is 0 Å². The maximum Gasteiger partial charge on any atom is 0.341 e. The van der Waals surface area contributed by atoms with Crippen LogP contribution in [0.25, 0.3) is 0 Å². The molecule has 0 amide bonds. The lowest BCUT2D eigenvalue weighted by molar-refractivity contribution is 0.0694. The van der Waals surface area contributed by atoms with Crippen molar-refractivity contribution >= 4 is 17.6 Å². The summed E-state index contributed by atoms with van der Waals surface area (Å²) in [7, 11) is 0. The highest BCUT2D eigenvalue weighted by Gasteiger charge is 2.16. The number of rotatable bonds is 4.